The van der Waals surface area contributed by atoms with Gasteiger partial charge in [-0.05, 0) is 31.2 Å². The van der Waals surface area contributed by atoms with Crippen molar-refractivity contribution in [2.45, 2.75) is 17.1 Å². The molecule has 0 fully saturated rings. The Morgan fingerprint density at radius 1 is 1.28 bits per heavy atom. The van der Waals surface area contributed by atoms with Gasteiger partial charge < -0.3 is 10.1 Å². The van der Waals surface area contributed by atoms with E-state index < -0.39 is 6.03 Å². The minimum absolute atomic E-state index is 0.324. The number of amides is 3. The number of hydrogen-bond donors (Lipinski definition) is 2. The van der Waals surface area contributed by atoms with E-state index in [9.17, 15) is 9.59 Å². The molecule has 1 unspecified atom stereocenters. The molecule has 0 radical (unpaired) electrons. The highest BCUT2D eigenvalue weighted by atomic mass is 32.2. The molecule has 1 atom stereocenters. The Balaban J connectivity index is 2.55. The van der Waals surface area contributed by atoms with Crippen LogP contribution in [0.2, 0.25) is 0 Å². The third kappa shape index (κ3) is 4.29. The molecule has 1 aromatic carbocycles. The third-order valence-corrected chi connectivity index (χ3v) is 3.32. The molecule has 0 aromatic heterocycles. The van der Waals surface area contributed by atoms with Gasteiger partial charge in [0, 0.05) is 11.9 Å². The molecule has 0 spiro atoms. The molecular formula is C12H16N2O3S. The van der Waals surface area contributed by atoms with Gasteiger partial charge in [-0.2, -0.15) is 0 Å². The van der Waals surface area contributed by atoms with Gasteiger partial charge in [0.2, 0.25) is 5.91 Å². The van der Waals surface area contributed by atoms with Gasteiger partial charge in [-0.15, -0.1) is 11.8 Å². The highest BCUT2D eigenvalue weighted by Crippen LogP contribution is 2.25. The Hall–Kier alpha value is -1.69. The smallest absolute Gasteiger partial charge is 0.321 e. The fourth-order valence-electron chi connectivity index (χ4n) is 1.19. The van der Waals surface area contributed by atoms with Crippen molar-refractivity contribution in [3.8, 4) is 5.75 Å². The van der Waals surface area contributed by atoms with Crippen LogP contribution in [0.1, 0.15) is 6.92 Å². The van der Waals surface area contributed by atoms with E-state index in [1.807, 2.05) is 24.3 Å². The van der Waals surface area contributed by atoms with Crippen LogP contribution in [0.4, 0.5) is 4.79 Å². The highest BCUT2D eigenvalue weighted by molar-refractivity contribution is 8.00. The number of nitrogens with one attached hydrogen (secondary N) is 2. The van der Waals surface area contributed by atoms with Crippen molar-refractivity contribution < 1.29 is 14.3 Å². The maximum absolute atomic E-state index is 11.6. The summed E-state index contributed by atoms with van der Waals surface area (Å²) in [4.78, 5) is 23.6. The summed E-state index contributed by atoms with van der Waals surface area (Å²) in [6.07, 6.45) is 0. The molecule has 0 heterocycles. The number of ether oxygens (including phenoxy) is 1. The van der Waals surface area contributed by atoms with Gasteiger partial charge in [0.15, 0.2) is 0 Å². The molecular weight excluding hydrogens is 252 g/mol. The number of thioether (sulfide) groups is 1. The number of rotatable bonds is 4. The van der Waals surface area contributed by atoms with Crippen LogP contribution in [-0.2, 0) is 4.79 Å². The minimum atomic E-state index is -0.498. The van der Waals surface area contributed by atoms with E-state index in [-0.39, 0.29) is 11.2 Å². The van der Waals surface area contributed by atoms with E-state index in [1.54, 1.807) is 14.0 Å². The van der Waals surface area contributed by atoms with Gasteiger partial charge in [-0.3, -0.25) is 10.1 Å². The molecule has 0 aliphatic rings. The van der Waals surface area contributed by atoms with Crippen LogP contribution < -0.4 is 15.4 Å². The van der Waals surface area contributed by atoms with Gasteiger partial charge in [0.25, 0.3) is 0 Å². The molecule has 2 N–H and O–H groups in total. The number of carbonyl (C=O) groups excluding carboxylic acids is 2. The summed E-state index contributed by atoms with van der Waals surface area (Å²) in [6.45, 7) is 1.74. The van der Waals surface area contributed by atoms with Crippen molar-refractivity contribution in [2.24, 2.45) is 0 Å². The summed E-state index contributed by atoms with van der Waals surface area (Å²) in [5.41, 5.74) is 0. The standard InChI is InChI=1S/C12H16N2O3S/c1-8(11(15)14-12(16)13-2)18-10-6-4-9(17-3)5-7-10/h4-8H,1-3H3,(H2,13,14,15,16). The zero-order valence-corrected chi connectivity index (χ0v) is 11.3. The van der Waals surface area contributed by atoms with Gasteiger partial charge >= 0.3 is 6.03 Å². The SMILES string of the molecule is CNC(=O)NC(=O)C(C)Sc1ccc(OC)cc1. The fraction of sp³-hybridized carbons (Fsp3) is 0.333. The summed E-state index contributed by atoms with van der Waals surface area (Å²) in [5, 5.41) is 4.22. The van der Waals surface area contributed by atoms with Gasteiger partial charge in [-0.25, -0.2) is 4.79 Å². The molecule has 1 rings (SSSR count). The highest BCUT2D eigenvalue weighted by Gasteiger charge is 2.16. The molecule has 0 saturated carbocycles. The molecule has 3 amide bonds. The molecule has 18 heavy (non-hydrogen) atoms. The molecule has 0 saturated heterocycles. The topological polar surface area (TPSA) is 67.4 Å². The van der Waals surface area contributed by atoms with E-state index in [4.69, 9.17) is 4.74 Å². The van der Waals surface area contributed by atoms with Crippen LogP contribution in [0.25, 0.3) is 0 Å². The van der Waals surface area contributed by atoms with E-state index in [2.05, 4.69) is 10.6 Å². The maximum Gasteiger partial charge on any atom is 0.321 e. The van der Waals surface area contributed by atoms with E-state index >= 15 is 0 Å². The largest absolute Gasteiger partial charge is 0.497 e. The first-order valence-electron chi connectivity index (χ1n) is 5.40. The Morgan fingerprint density at radius 3 is 2.39 bits per heavy atom. The molecule has 0 bridgehead atoms. The lowest BCUT2D eigenvalue weighted by Crippen LogP contribution is -2.41. The Morgan fingerprint density at radius 2 is 1.89 bits per heavy atom. The normalized spacial score (nSPS) is 11.5. The molecule has 1 aromatic rings. The third-order valence-electron chi connectivity index (χ3n) is 2.21. The number of hydrogen-bond acceptors (Lipinski definition) is 4. The second-order valence-electron chi connectivity index (χ2n) is 3.50. The predicted molar refractivity (Wildman–Crippen MR) is 70.9 cm³/mol. The van der Waals surface area contributed by atoms with Crippen LogP contribution in [0, 0.1) is 0 Å². The lowest BCUT2D eigenvalue weighted by Gasteiger charge is -2.11. The Bertz CT molecular complexity index is 420. The van der Waals surface area contributed by atoms with Crippen molar-refractivity contribution in [3.05, 3.63) is 24.3 Å². The number of carbonyl (C=O) groups is 2. The molecule has 0 aliphatic heterocycles. The van der Waals surface area contributed by atoms with E-state index in [1.165, 1.54) is 18.8 Å². The summed E-state index contributed by atoms with van der Waals surface area (Å²) >= 11 is 1.38. The van der Waals surface area contributed by atoms with Crippen molar-refractivity contribution in [2.75, 3.05) is 14.2 Å². The number of imide groups is 1. The van der Waals surface area contributed by atoms with Crippen molar-refractivity contribution >= 4 is 23.7 Å². The molecule has 0 aliphatic carbocycles. The number of benzene rings is 1. The zero-order chi connectivity index (χ0) is 13.5. The second-order valence-corrected chi connectivity index (χ2v) is 4.92. The monoisotopic (exact) mass is 268 g/mol. The lowest BCUT2D eigenvalue weighted by molar-refractivity contribution is -0.119. The first-order valence-corrected chi connectivity index (χ1v) is 6.28. The average molecular weight is 268 g/mol. The summed E-state index contributed by atoms with van der Waals surface area (Å²) in [7, 11) is 3.06. The summed E-state index contributed by atoms with van der Waals surface area (Å²) in [5.74, 6) is 0.442. The molecule has 5 nitrogen and oxygen atoms in total. The predicted octanol–water partition coefficient (Wildman–Crippen LogP) is 1.63. The number of urea groups is 1. The molecule has 6 heteroatoms. The Labute approximate surface area is 110 Å². The summed E-state index contributed by atoms with van der Waals surface area (Å²) < 4.78 is 5.05. The number of methoxy groups -OCH3 is 1. The summed E-state index contributed by atoms with van der Waals surface area (Å²) in [6, 6.07) is 6.89. The van der Waals surface area contributed by atoms with Crippen LogP contribution in [0.5, 0.6) is 5.75 Å². The van der Waals surface area contributed by atoms with Crippen LogP contribution in [-0.4, -0.2) is 31.3 Å². The van der Waals surface area contributed by atoms with E-state index in [0.29, 0.717) is 0 Å². The van der Waals surface area contributed by atoms with Crippen LogP contribution >= 0.6 is 11.8 Å². The average Bonchev–Trinajstić information content (AvgIpc) is 2.39. The molecule has 98 valence electrons. The van der Waals surface area contributed by atoms with Crippen LogP contribution in [0.3, 0.4) is 0 Å². The minimum Gasteiger partial charge on any atom is -0.497 e. The second kappa shape index (κ2) is 6.90. The fourth-order valence-corrected chi connectivity index (χ4v) is 2.06. The Kier molecular flexibility index (Phi) is 5.51. The van der Waals surface area contributed by atoms with E-state index in [0.717, 1.165) is 10.6 Å². The van der Waals surface area contributed by atoms with Crippen LogP contribution in [0.15, 0.2) is 29.2 Å². The first kappa shape index (κ1) is 14.4. The quantitative estimate of drug-likeness (QED) is 0.814. The van der Waals surface area contributed by atoms with Gasteiger partial charge in [-0.1, -0.05) is 0 Å². The van der Waals surface area contributed by atoms with Gasteiger partial charge in [0.05, 0.1) is 12.4 Å². The van der Waals surface area contributed by atoms with Crippen molar-refractivity contribution in [3.63, 3.8) is 0 Å². The van der Waals surface area contributed by atoms with Crippen molar-refractivity contribution in [1.29, 1.82) is 0 Å². The van der Waals surface area contributed by atoms with Crippen molar-refractivity contribution in [1.82, 2.24) is 10.6 Å². The van der Waals surface area contributed by atoms with Gasteiger partial charge in [0.1, 0.15) is 5.75 Å². The first-order chi connectivity index (χ1) is 8.56. The lowest BCUT2D eigenvalue weighted by atomic mass is 10.3. The maximum atomic E-state index is 11.6. The zero-order valence-electron chi connectivity index (χ0n) is 10.5.